The fourth-order valence-electron chi connectivity index (χ4n) is 2.30. The summed E-state index contributed by atoms with van der Waals surface area (Å²) in [5, 5.41) is 12.5. The smallest absolute Gasteiger partial charge is 0.323 e. The first-order valence-electron chi connectivity index (χ1n) is 5.13. The monoisotopic (exact) mass is 183 g/mol. The highest BCUT2D eigenvalue weighted by Crippen LogP contribution is 2.37. The van der Waals surface area contributed by atoms with E-state index in [4.69, 9.17) is 0 Å². The van der Waals surface area contributed by atoms with Gasteiger partial charge >= 0.3 is 5.97 Å². The third-order valence-electron chi connectivity index (χ3n) is 3.23. The van der Waals surface area contributed by atoms with Gasteiger partial charge in [-0.25, -0.2) is 0 Å². The second kappa shape index (κ2) is 2.98. The first-order valence-corrected chi connectivity index (χ1v) is 5.13. The predicted molar refractivity (Wildman–Crippen MR) is 49.5 cm³/mol. The van der Waals surface area contributed by atoms with Crippen LogP contribution in [-0.2, 0) is 4.79 Å². The van der Waals surface area contributed by atoms with Crippen LogP contribution in [0.3, 0.4) is 0 Å². The molecule has 2 saturated carbocycles. The van der Waals surface area contributed by atoms with Crippen LogP contribution in [0.5, 0.6) is 0 Å². The van der Waals surface area contributed by atoms with Crippen LogP contribution in [0.4, 0.5) is 0 Å². The molecule has 0 radical (unpaired) electrons. The molecule has 2 unspecified atom stereocenters. The highest BCUT2D eigenvalue weighted by Gasteiger charge is 2.46. The van der Waals surface area contributed by atoms with E-state index in [2.05, 4.69) is 12.2 Å². The Morgan fingerprint density at radius 3 is 2.54 bits per heavy atom. The van der Waals surface area contributed by atoms with E-state index in [9.17, 15) is 9.90 Å². The summed E-state index contributed by atoms with van der Waals surface area (Å²) in [5.74, 6) is -0.0916. The summed E-state index contributed by atoms with van der Waals surface area (Å²) >= 11 is 0. The number of carboxylic acids is 1. The molecule has 2 N–H and O–H groups in total. The molecule has 3 nitrogen and oxygen atoms in total. The zero-order valence-corrected chi connectivity index (χ0v) is 8.05. The fourth-order valence-corrected chi connectivity index (χ4v) is 2.30. The molecule has 0 aliphatic heterocycles. The van der Waals surface area contributed by atoms with Crippen LogP contribution in [-0.4, -0.2) is 22.7 Å². The summed E-state index contributed by atoms with van der Waals surface area (Å²) < 4.78 is 0. The van der Waals surface area contributed by atoms with Crippen LogP contribution in [0.1, 0.15) is 39.0 Å². The summed E-state index contributed by atoms with van der Waals surface area (Å²) in [6.45, 7) is 2.14. The second-order valence-corrected chi connectivity index (χ2v) is 4.65. The Balaban J connectivity index is 2.05. The van der Waals surface area contributed by atoms with Crippen molar-refractivity contribution in [1.29, 1.82) is 0 Å². The Kier molecular flexibility index (Phi) is 2.06. The molecule has 13 heavy (non-hydrogen) atoms. The van der Waals surface area contributed by atoms with Crippen LogP contribution >= 0.6 is 0 Å². The van der Waals surface area contributed by atoms with Gasteiger partial charge in [0.05, 0.1) is 0 Å². The minimum atomic E-state index is -0.649. The van der Waals surface area contributed by atoms with Gasteiger partial charge in [-0.2, -0.15) is 0 Å². The number of hydrogen-bond acceptors (Lipinski definition) is 2. The molecule has 0 heterocycles. The Morgan fingerprint density at radius 1 is 1.46 bits per heavy atom. The Hall–Kier alpha value is -0.570. The lowest BCUT2D eigenvalue weighted by molar-refractivity contribution is -0.144. The minimum absolute atomic E-state index is 0.487. The molecule has 2 aliphatic rings. The van der Waals surface area contributed by atoms with E-state index < -0.39 is 11.5 Å². The first kappa shape index (κ1) is 9.00. The lowest BCUT2D eigenvalue weighted by Crippen LogP contribution is -2.51. The van der Waals surface area contributed by atoms with E-state index in [1.807, 2.05) is 0 Å². The summed E-state index contributed by atoms with van der Waals surface area (Å²) in [7, 11) is 0. The SMILES string of the molecule is CC1CCC(NC2CC2)(C(=O)O)C1. The van der Waals surface area contributed by atoms with Crippen molar-refractivity contribution < 1.29 is 9.90 Å². The number of nitrogens with one attached hydrogen (secondary N) is 1. The zero-order valence-electron chi connectivity index (χ0n) is 8.05. The molecule has 0 bridgehead atoms. The van der Waals surface area contributed by atoms with Crippen LogP contribution in [0.25, 0.3) is 0 Å². The maximum Gasteiger partial charge on any atom is 0.323 e. The molecular weight excluding hydrogens is 166 g/mol. The Labute approximate surface area is 78.5 Å². The lowest BCUT2D eigenvalue weighted by atomic mass is 9.96. The van der Waals surface area contributed by atoms with E-state index in [1.165, 1.54) is 0 Å². The van der Waals surface area contributed by atoms with Crippen molar-refractivity contribution in [3.05, 3.63) is 0 Å². The molecule has 0 saturated heterocycles. The van der Waals surface area contributed by atoms with Gasteiger partial charge in [-0.05, 0) is 38.0 Å². The lowest BCUT2D eigenvalue weighted by Gasteiger charge is -2.25. The van der Waals surface area contributed by atoms with E-state index in [-0.39, 0.29) is 0 Å². The van der Waals surface area contributed by atoms with Crippen molar-refractivity contribution in [2.75, 3.05) is 0 Å². The molecule has 0 aromatic carbocycles. The summed E-state index contributed by atoms with van der Waals surface area (Å²) in [5.41, 5.74) is -0.583. The van der Waals surface area contributed by atoms with Crippen molar-refractivity contribution in [3.8, 4) is 0 Å². The number of aliphatic carboxylic acids is 1. The number of carbonyl (C=O) groups is 1. The largest absolute Gasteiger partial charge is 0.480 e. The normalized spacial score (nSPS) is 39.3. The maximum atomic E-state index is 11.2. The zero-order chi connectivity index (χ0) is 9.47. The molecule has 3 heteroatoms. The molecule has 0 aromatic rings. The molecule has 2 atom stereocenters. The van der Waals surface area contributed by atoms with Crippen molar-refractivity contribution in [2.45, 2.75) is 50.6 Å². The van der Waals surface area contributed by atoms with Gasteiger partial charge in [0.25, 0.3) is 0 Å². The topological polar surface area (TPSA) is 49.3 Å². The minimum Gasteiger partial charge on any atom is -0.480 e. The highest BCUT2D eigenvalue weighted by atomic mass is 16.4. The number of rotatable bonds is 3. The van der Waals surface area contributed by atoms with Crippen molar-refractivity contribution in [1.82, 2.24) is 5.32 Å². The van der Waals surface area contributed by atoms with Gasteiger partial charge in [0.1, 0.15) is 5.54 Å². The Bertz CT molecular complexity index is 225. The molecule has 74 valence electrons. The van der Waals surface area contributed by atoms with Crippen LogP contribution < -0.4 is 5.32 Å². The van der Waals surface area contributed by atoms with Crippen molar-refractivity contribution >= 4 is 5.97 Å². The standard InChI is InChI=1S/C10H17NO2/c1-7-4-5-10(6-7,9(12)13)11-8-2-3-8/h7-8,11H,2-6H2,1H3,(H,12,13). The second-order valence-electron chi connectivity index (χ2n) is 4.65. The third-order valence-corrected chi connectivity index (χ3v) is 3.23. The van der Waals surface area contributed by atoms with Gasteiger partial charge in [-0.15, -0.1) is 0 Å². The third kappa shape index (κ3) is 1.70. The quantitative estimate of drug-likeness (QED) is 0.695. The highest BCUT2D eigenvalue weighted by molar-refractivity contribution is 5.79. The molecule has 0 aromatic heterocycles. The van der Waals surface area contributed by atoms with E-state index in [0.29, 0.717) is 12.0 Å². The van der Waals surface area contributed by atoms with Crippen LogP contribution in [0.2, 0.25) is 0 Å². The van der Waals surface area contributed by atoms with E-state index in [0.717, 1.165) is 32.1 Å². The van der Waals surface area contributed by atoms with Gasteiger partial charge < -0.3 is 5.11 Å². The fraction of sp³-hybridized carbons (Fsp3) is 0.900. The molecular formula is C10H17NO2. The van der Waals surface area contributed by atoms with Crippen LogP contribution in [0.15, 0.2) is 0 Å². The maximum absolute atomic E-state index is 11.2. The molecule has 0 spiro atoms. The van der Waals surface area contributed by atoms with Gasteiger partial charge in [0.2, 0.25) is 0 Å². The number of carboxylic acid groups (broad SMARTS) is 1. The van der Waals surface area contributed by atoms with Gasteiger partial charge in [0, 0.05) is 6.04 Å². The molecule has 2 aliphatic carbocycles. The average Bonchev–Trinajstić information content (AvgIpc) is 2.76. The first-order chi connectivity index (χ1) is 6.12. The Morgan fingerprint density at radius 2 is 2.15 bits per heavy atom. The van der Waals surface area contributed by atoms with Gasteiger partial charge in [0.15, 0.2) is 0 Å². The molecule has 2 rings (SSSR count). The van der Waals surface area contributed by atoms with Crippen LogP contribution in [0, 0.1) is 5.92 Å². The molecule has 0 amide bonds. The van der Waals surface area contributed by atoms with E-state index >= 15 is 0 Å². The summed E-state index contributed by atoms with van der Waals surface area (Å²) in [4.78, 5) is 11.2. The van der Waals surface area contributed by atoms with Crippen molar-refractivity contribution in [2.24, 2.45) is 5.92 Å². The van der Waals surface area contributed by atoms with Gasteiger partial charge in [-0.1, -0.05) is 6.92 Å². The molecule has 2 fully saturated rings. The van der Waals surface area contributed by atoms with E-state index in [1.54, 1.807) is 0 Å². The predicted octanol–water partition coefficient (Wildman–Crippen LogP) is 1.38. The van der Waals surface area contributed by atoms with Gasteiger partial charge in [-0.3, -0.25) is 10.1 Å². The summed E-state index contributed by atoms with van der Waals surface area (Å²) in [6.07, 6.45) is 4.97. The van der Waals surface area contributed by atoms with Crippen molar-refractivity contribution in [3.63, 3.8) is 0 Å². The summed E-state index contributed by atoms with van der Waals surface area (Å²) in [6, 6.07) is 0.487. The average molecular weight is 183 g/mol. The number of hydrogen-bond donors (Lipinski definition) is 2.